The fourth-order valence-electron chi connectivity index (χ4n) is 3.48. The van der Waals surface area contributed by atoms with Gasteiger partial charge in [0.25, 0.3) is 11.8 Å². The molecule has 1 N–H and O–H groups in total. The Labute approximate surface area is 206 Å². The van der Waals surface area contributed by atoms with Gasteiger partial charge in [-0.1, -0.05) is 0 Å². The molecule has 0 saturated carbocycles. The van der Waals surface area contributed by atoms with Crippen LogP contribution < -0.4 is 14.8 Å². The van der Waals surface area contributed by atoms with Crippen LogP contribution in [-0.2, 0) is 11.8 Å². The van der Waals surface area contributed by atoms with Gasteiger partial charge in [0, 0.05) is 49.6 Å². The summed E-state index contributed by atoms with van der Waals surface area (Å²) >= 11 is 0. The van der Waals surface area contributed by atoms with Gasteiger partial charge in [-0.05, 0) is 49.7 Å². The van der Waals surface area contributed by atoms with Crippen LogP contribution in [0.5, 0.6) is 17.2 Å². The maximum atomic E-state index is 12.9. The molecular formula is C25H26F2N4O5. The summed E-state index contributed by atoms with van der Waals surface area (Å²) in [5.41, 5.74) is 0.766. The first kappa shape index (κ1) is 25.1. The maximum absolute atomic E-state index is 12.9. The Morgan fingerprint density at radius 2 is 1.75 bits per heavy atom. The molecule has 1 atom stereocenters. The molecule has 2 aromatic carbocycles. The van der Waals surface area contributed by atoms with Gasteiger partial charge < -0.3 is 24.4 Å². The molecule has 0 bridgehead atoms. The molecule has 1 aliphatic rings. The number of amides is 2. The number of aryl methyl sites for hydroxylation is 1. The number of alkyl halides is 2. The molecule has 4 rings (SSSR count). The molecule has 1 aromatic heterocycles. The summed E-state index contributed by atoms with van der Waals surface area (Å²) in [6.07, 6.45) is 1.98. The van der Waals surface area contributed by atoms with Gasteiger partial charge in [0.1, 0.15) is 23.4 Å². The third kappa shape index (κ3) is 6.57. The van der Waals surface area contributed by atoms with Crippen LogP contribution in [0.15, 0.2) is 54.7 Å². The Bertz CT molecular complexity index is 1210. The lowest BCUT2D eigenvalue weighted by atomic mass is 10.1. The van der Waals surface area contributed by atoms with Crippen LogP contribution in [0.1, 0.15) is 34.1 Å². The van der Waals surface area contributed by atoms with Crippen molar-refractivity contribution in [2.24, 2.45) is 7.05 Å². The maximum Gasteiger partial charge on any atom is 0.345 e. The summed E-state index contributed by atoms with van der Waals surface area (Å²) in [6.45, 7) is -0.175. The lowest BCUT2D eigenvalue weighted by molar-refractivity contribution is -0.142. The van der Waals surface area contributed by atoms with E-state index in [0.717, 1.165) is 19.5 Å². The molecule has 1 aliphatic heterocycles. The van der Waals surface area contributed by atoms with Crippen molar-refractivity contribution in [3.05, 3.63) is 65.9 Å². The minimum absolute atomic E-state index is 0.0309. The van der Waals surface area contributed by atoms with Crippen molar-refractivity contribution in [3.63, 3.8) is 0 Å². The quantitative estimate of drug-likeness (QED) is 0.446. The number of ether oxygens (including phenoxy) is 3. The number of hydrogen-bond donors (Lipinski definition) is 1. The molecule has 2 amide bonds. The highest BCUT2D eigenvalue weighted by Crippen LogP contribution is 2.29. The van der Waals surface area contributed by atoms with Crippen LogP contribution in [-0.4, -0.2) is 58.9 Å². The van der Waals surface area contributed by atoms with Gasteiger partial charge in [0.2, 0.25) is 0 Å². The summed E-state index contributed by atoms with van der Waals surface area (Å²) in [5, 5.41) is 6.81. The first-order chi connectivity index (χ1) is 17.3. The monoisotopic (exact) mass is 500 g/mol. The van der Waals surface area contributed by atoms with Crippen molar-refractivity contribution in [2.75, 3.05) is 25.0 Å². The van der Waals surface area contributed by atoms with Crippen molar-refractivity contribution >= 4 is 17.6 Å². The fourth-order valence-corrected chi connectivity index (χ4v) is 3.48. The fraction of sp³-hybridized carbons (Fsp3) is 0.320. The van der Waals surface area contributed by atoms with E-state index in [-0.39, 0.29) is 29.6 Å². The van der Waals surface area contributed by atoms with Crippen molar-refractivity contribution in [1.82, 2.24) is 14.7 Å². The number of carbonyl (C=O) groups is 2. The summed E-state index contributed by atoms with van der Waals surface area (Å²) in [5.74, 6) is 0.818. The average molecular weight is 501 g/mol. The number of rotatable bonds is 10. The van der Waals surface area contributed by atoms with Crippen LogP contribution in [0, 0.1) is 0 Å². The third-order valence-electron chi connectivity index (χ3n) is 5.37. The predicted molar refractivity (Wildman–Crippen MR) is 127 cm³/mol. The van der Waals surface area contributed by atoms with E-state index in [4.69, 9.17) is 9.47 Å². The number of likely N-dealkylation sites (tertiary alicyclic amines) is 1. The second-order valence-corrected chi connectivity index (χ2v) is 8.32. The van der Waals surface area contributed by atoms with Crippen molar-refractivity contribution < 1.29 is 32.6 Å². The standard InChI is InChI=1S/C25H26F2N4O5/c1-16(15-34-25(26)27)35-20-12-18(23(32)28-22-8-11-30(2)29-22)13-21(14-20)36-19-6-4-17(5-7-19)24(33)31-9-3-10-31/h4-8,11-14,16,25H,3,9-10,15H2,1-2H3,(H,28,29,32)/t16-/m0/s1. The number of aromatic nitrogens is 2. The molecule has 1 fully saturated rings. The molecule has 9 nitrogen and oxygen atoms in total. The Balaban J connectivity index is 1.52. The first-order valence-corrected chi connectivity index (χ1v) is 11.4. The van der Waals surface area contributed by atoms with Gasteiger partial charge in [-0.2, -0.15) is 13.9 Å². The van der Waals surface area contributed by atoms with Gasteiger partial charge in [0.15, 0.2) is 5.82 Å². The highest BCUT2D eigenvalue weighted by molar-refractivity contribution is 6.04. The number of anilines is 1. The lowest BCUT2D eigenvalue weighted by Crippen LogP contribution is -2.41. The number of carbonyl (C=O) groups excluding carboxylic acids is 2. The van der Waals surface area contributed by atoms with E-state index in [9.17, 15) is 18.4 Å². The normalized spacial score (nSPS) is 13.8. The van der Waals surface area contributed by atoms with Gasteiger partial charge in [-0.3, -0.25) is 14.3 Å². The van der Waals surface area contributed by atoms with Gasteiger partial charge in [0.05, 0.1) is 6.61 Å². The second kappa shape index (κ2) is 11.2. The molecule has 0 unspecified atom stereocenters. The summed E-state index contributed by atoms with van der Waals surface area (Å²) in [4.78, 5) is 27.0. The van der Waals surface area contributed by atoms with Gasteiger partial charge >= 0.3 is 6.61 Å². The van der Waals surface area contributed by atoms with E-state index >= 15 is 0 Å². The van der Waals surface area contributed by atoms with E-state index < -0.39 is 18.6 Å². The van der Waals surface area contributed by atoms with Crippen LogP contribution in [0.3, 0.4) is 0 Å². The SMILES string of the molecule is C[C@@H](COC(F)F)Oc1cc(Oc2ccc(C(=O)N3CCC3)cc2)cc(C(=O)Nc2ccn(C)n2)c1. The molecule has 11 heteroatoms. The molecule has 3 aromatic rings. The van der Waals surface area contributed by atoms with Crippen molar-refractivity contribution in [2.45, 2.75) is 26.1 Å². The largest absolute Gasteiger partial charge is 0.488 e. The zero-order valence-corrected chi connectivity index (χ0v) is 19.8. The predicted octanol–water partition coefficient (Wildman–Crippen LogP) is 4.32. The van der Waals surface area contributed by atoms with E-state index in [0.29, 0.717) is 17.1 Å². The highest BCUT2D eigenvalue weighted by atomic mass is 19.3. The van der Waals surface area contributed by atoms with Gasteiger partial charge in [-0.15, -0.1) is 0 Å². The van der Waals surface area contributed by atoms with Gasteiger partial charge in [-0.25, -0.2) is 0 Å². The van der Waals surface area contributed by atoms with E-state index in [1.165, 1.54) is 18.2 Å². The second-order valence-electron chi connectivity index (χ2n) is 8.32. The minimum atomic E-state index is -2.92. The Kier molecular flexibility index (Phi) is 7.79. The van der Waals surface area contributed by atoms with E-state index in [1.54, 1.807) is 60.1 Å². The molecule has 0 spiro atoms. The molecule has 1 saturated heterocycles. The topological polar surface area (TPSA) is 94.9 Å². The summed E-state index contributed by atoms with van der Waals surface area (Å²) in [6, 6.07) is 12.8. The zero-order chi connectivity index (χ0) is 25.7. The molecule has 2 heterocycles. The number of nitrogens with one attached hydrogen (secondary N) is 1. The molecular weight excluding hydrogens is 474 g/mol. The van der Waals surface area contributed by atoms with Crippen LogP contribution in [0.4, 0.5) is 14.6 Å². The zero-order valence-electron chi connectivity index (χ0n) is 19.8. The van der Waals surface area contributed by atoms with Crippen molar-refractivity contribution in [3.8, 4) is 17.2 Å². The number of benzene rings is 2. The van der Waals surface area contributed by atoms with E-state index in [1.807, 2.05) is 0 Å². The highest BCUT2D eigenvalue weighted by Gasteiger charge is 2.21. The molecule has 190 valence electrons. The van der Waals surface area contributed by atoms with Crippen LogP contribution in [0.2, 0.25) is 0 Å². The van der Waals surface area contributed by atoms with E-state index in [2.05, 4.69) is 15.2 Å². The minimum Gasteiger partial charge on any atom is -0.488 e. The molecule has 36 heavy (non-hydrogen) atoms. The summed E-state index contributed by atoms with van der Waals surface area (Å²) in [7, 11) is 1.72. The Morgan fingerprint density at radius 3 is 2.36 bits per heavy atom. The molecule has 0 radical (unpaired) electrons. The smallest absolute Gasteiger partial charge is 0.345 e. The lowest BCUT2D eigenvalue weighted by Gasteiger charge is -2.30. The average Bonchev–Trinajstić information content (AvgIpc) is 3.21. The Morgan fingerprint density at radius 1 is 1.03 bits per heavy atom. The third-order valence-corrected chi connectivity index (χ3v) is 5.37. The molecule has 0 aliphatic carbocycles. The first-order valence-electron chi connectivity index (χ1n) is 11.4. The number of hydrogen-bond acceptors (Lipinski definition) is 6. The Hall–Kier alpha value is -3.99. The number of halogens is 2. The summed E-state index contributed by atoms with van der Waals surface area (Å²) < 4.78 is 42.2. The van der Waals surface area contributed by atoms with Crippen molar-refractivity contribution in [1.29, 1.82) is 0 Å². The van der Waals surface area contributed by atoms with Crippen LogP contribution in [0.25, 0.3) is 0 Å². The number of nitrogens with zero attached hydrogens (tertiary/aromatic N) is 3. The van der Waals surface area contributed by atoms with Crippen LogP contribution >= 0.6 is 0 Å².